The normalized spacial score (nSPS) is 24.1. The molecule has 2 N–H and O–H groups in total. The van der Waals surface area contributed by atoms with Gasteiger partial charge in [-0.05, 0) is 37.9 Å². The molecular formula is C22H34N6O. The van der Waals surface area contributed by atoms with Gasteiger partial charge in [-0.15, -0.1) is 0 Å². The van der Waals surface area contributed by atoms with Crippen molar-refractivity contribution in [3.05, 3.63) is 24.0 Å². The van der Waals surface area contributed by atoms with Crippen molar-refractivity contribution in [1.29, 1.82) is 0 Å². The molecule has 0 spiro atoms. The first-order valence-corrected chi connectivity index (χ1v) is 10.9. The average Bonchev–Trinajstić information content (AvgIpc) is 2.72. The van der Waals surface area contributed by atoms with Crippen LogP contribution in [0.25, 0.3) is 0 Å². The topological polar surface area (TPSA) is 82.0 Å². The van der Waals surface area contributed by atoms with Crippen molar-refractivity contribution in [2.75, 3.05) is 18.9 Å². The van der Waals surface area contributed by atoms with Crippen LogP contribution in [0.4, 0.5) is 5.69 Å². The first-order chi connectivity index (χ1) is 14.1. The van der Waals surface area contributed by atoms with E-state index in [1.807, 2.05) is 18.3 Å². The number of carbonyl (C=O) groups is 1. The summed E-state index contributed by atoms with van der Waals surface area (Å²) in [5.74, 6) is 0.859. The number of pyridine rings is 1. The number of nitrogens with zero attached hydrogens (tertiary/aromatic N) is 4. The van der Waals surface area contributed by atoms with Crippen LogP contribution >= 0.6 is 0 Å². The number of likely N-dealkylation sites (N-methyl/N-ethyl adjacent to an activating group) is 1. The van der Waals surface area contributed by atoms with E-state index in [-0.39, 0.29) is 18.1 Å². The molecule has 2 aliphatic rings. The van der Waals surface area contributed by atoms with Crippen molar-refractivity contribution in [2.24, 2.45) is 9.98 Å². The molecule has 2 heterocycles. The lowest BCUT2D eigenvalue weighted by atomic mass is 9.95. The second-order valence-electron chi connectivity index (χ2n) is 8.00. The quantitative estimate of drug-likeness (QED) is 0.688. The van der Waals surface area contributed by atoms with Gasteiger partial charge in [-0.1, -0.05) is 32.6 Å². The van der Waals surface area contributed by atoms with Crippen LogP contribution in [-0.2, 0) is 4.79 Å². The summed E-state index contributed by atoms with van der Waals surface area (Å²) in [6, 6.07) is 4.23. The zero-order valence-corrected chi connectivity index (χ0v) is 17.9. The van der Waals surface area contributed by atoms with E-state index in [0.29, 0.717) is 11.7 Å². The summed E-state index contributed by atoms with van der Waals surface area (Å²) >= 11 is 0. The fraction of sp³-hybridized carbons (Fsp3) is 0.636. The molecule has 0 bridgehead atoms. The molecule has 2 atom stereocenters. The zero-order valence-electron chi connectivity index (χ0n) is 17.9. The standard InChI is InChI=1S/C22H34N6O/c1-4-5-13-23-22-25-15-19(20-12-11-18(14-24-20)26-16(2)29)21(28(22)3)27-17-9-7-6-8-10-17/h11-12,14-15,17,19,22-23H,4-10,13H2,1-3H3,(H,26,29). The van der Waals surface area contributed by atoms with Gasteiger partial charge >= 0.3 is 0 Å². The summed E-state index contributed by atoms with van der Waals surface area (Å²) in [7, 11) is 2.07. The monoisotopic (exact) mass is 398 g/mol. The first-order valence-electron chi connectivity index (χ1n) is 10.9. The number of amidine groups is 1. The van der Waals surface area contributed by atoms with Crippen LogP contribution in [0.1, 0.15) is 70.4 Å². The van der Waals surface area contributed by atoms with Crippen LogP contribution < -0.4 is 10.6 Å². The zero-order chi connectivity index (χ0) is 20.6. The maximum Gasteiger partial charge on any atom is 0.221 e. The molecule has 1 fully saturated rings. The minimum atomic E-state index is -0.0981. The van der Waals surface area contributed by atoms with Crippen LogP contribution in [-0.4, -0.2) is 53.8 Å². The number of hydrogen-bond donors (Lipinski definition) is 2. The van der Waals surface area contributed by atoms with Crippen LogP contribution in [0.3, 0.4) is 0 Å². The number of aliphatic imine (C=N–C) groups is 2. The fourth-order valence-electron chi connectivity index (χ4n) is 3.92. The Morgan fingerprint density at radius 1 is 1.28 bits per heavy atom. The van der Waals surface area contributed by atoms with E-state index in [1.165, 1.54) is 26.2 Å². The predicted octanol–water partition coefficient (Wildman–Crippen LogP) is 3.54. The highest BCUT2D eigenvalue weighted by Gasteiger charge is 2.31. The molecule has 158 valence electrons. The number of amides is 1. The van der Waals surface area contributed by atoms with E-state index < -0.39 is 0 Å². The highest BCUT2D eigenvalue weighted by Crippen LogP contribution is 2.26. The van der Waals surface area contributed by atoms with Crippen molar-refractivity contribution in [3.8, 4) is 0 Å². The first kappa shape index (κ1) is 21.4. The van der Waals surface area contributed by atoms with E-state index >= 15 is 0 Å². The summed E-state index contributed by atoms with van der Waals surface area (Å²) in [6.45, 7) is 4.63. The molecule has 0 saturated heterocycles. The molecule has 3 rings (SSSR count). The van der Waals surface area contributed by atoms with Gasteiger partial charge in [-0.2, -0.15) is 0 Å². The molecule has 1 amide bonds. The van der Waals surface area contributed by atoms with Gasteiger partial charge in [0, 0.05) is 20.2 Å². The Bertz CT molecular complexity index is 723. The largest absolute Gasteiger partial charge is 0.328 e. The average molecular weight is 399 g/mol. The minimum Gasteiger partial charge on any atom is -0.328 e. The highest BCUT2D eigenvalue weighted by molar-refractivity contribution is 6.03. The fourth-order valence-corrected chi connectivity index (χ4v) is 3.92. The van der Waals surface area contributed by atoms with Gasteiger partial charge in [-0.3, -0.25) is 25.1 Å². The van der Waals surface area contributed by atoms with Crippen LogP contribution in [0, 0.1) is 0 Å². The number of aromatic nitrogens is 1. The van der Waals surface area contributed by atoms with Gasteiger partial charge in [0.25, 0.3) is 0 Å². The van der Waals surface area contributed by atoms with E-state index in [4.69, 9.17) is 9.98 Å². The molecule has 7 heteroatoms. The number of unbranched alkanes of at least 4 members (excludes halogenated alkanes) is 1. The molecule has 7 nitrogen and oxygen atoms in total. The van der Waals surface area contributed by atoms with Gasteiger partial charge in [0.1, 0.15) is 5.84 Å². The lowest BCUT2D eigenvalue weighted by molar-refractivity contribution is -0.114. The lowest BCUT2D eigenvalue weighted by Crippen LogP contribution is -2.51. The third-order valence-electron chi connectivity index (χ3n) is 5.55. The summed E-state index contributed by atoms with van der Waals surface area (Å²) in [5, 5.41) is 6.29. The number of carbonyl (C=O) groups excluding carboxylic acids is 1. The molecule has 1 aliphatic heterocycles. The molecule has 1 aromatic heterocycles. The number of rotatable bonds is 7. The van der Waals surface area contributed by atoms with Gasteiger partial charge in [0.2, 0.25) is 5.91 Å². The Morgan fingerprint density at radius 3 is 2.72 bits per heavy atom. The summed E-state index contributed by atoms with van der Waals surface area (Å²) in [4.78, 5) is 28.0. The van der Waals surface area contributed by atoms with Crippen molar-refractivity contribution in [3.63, 3.8) is 0 Å². The van der Waals surface area contributed by atoms with Crippen LogP contribution in [0.15, 0.2) is 28.3 Å². The van der Waals surface area contributed by atoms with Gasteiger partial charge < -0.3 is 10.2 Å². The summed E-state index contributed by atoms with van der Waals surface area (Å²) < 4.78 is 0. The van der Waals surface area contributed by atoms with E-state index in [0.717, 1.165) is 43.8 Å². The Hall–Kier alpha value is -2.28. The van der Waals surface area contributed by atoms with Gasteiger partial charge in [0.05, 0.1) is 29.5 Å². The Kier molecular flexibility index (Phi) is 7.75. The SMILES string of the molecule is CCCCNC1N=CC(c2ccc(NC(C)=O)cn2)C(=NC2CCCCC2)N1C. The summed E-state index contributed by atoms with van der Waals surface area (Å²) in [6.07, 6.45) is 12.0. The molecule has 1 aliphatic carbocycles. The molecule has 1 saturated carbocycles. The second-order valence-corrected chi connectivity index (χ2v) is 8.00. The number of hydrogen-bond acceptors (Lipinski definition) is 5. The Morgan fingerprint density at radius 2 is 2.07 bits per heavy atom. The van der Waals surface area contributed by atoms with E-state index in [2.05, 4.69) is 34.5 Å². The minimum absolute atomic E-state index is 0.0717. The van der Waals surface area contributed by atoms with E-state index in [1.54, 1.807) is 6.20 Å². The van der Waals surface area contributed by atoms with Crippen molar-refractivity contribution in [2.45, 2.75) is 77.0 Å². The predicted molar refractivity (Wildman–Crippen MR) is 119 cm³/mol. The van der Waals surface area contributed by atoms with Gasteiger partial charge in [-0.25, -0.2) is 0 Å². The van der Waals surface area contributed by atoms with Crippen molar-refractivity contribution < 1.29 is 4.79 Å². The van der Waals surface area contributed by atoms with Crippen LogP contribution in [0.5, 0.6) is 0 Å². The van der Waals surface area contributed by atoms with Crippen LogP contribution in [0.2, 0.25) is 0 Å². The smallest absolute Gasteiger partial charge is 0.221 e. The van der Waals surface area contributed by atoms with E-state index in [9.17, 15) is 4.79 Å². The third-order valence-corrected chi connectivity index (χ3v) is 5.55. The molecule has 1 aromatic rings. The van der Waals surface area contributed by atoms with Crippen molar-refractivity contribution in [1.82, 2.24) is 15.2 Å². The highest BCUT2D eigenvalue weighted by atomic mass is 16.1. The maximum absolute atomic E-state index is 11.3. The molecule has 2 unspecified atom stereocenters. The molecular weight excluding hydrogens is 364 g/mol. The second kappa shape index (κ2) is 10.5. The number of nitrogens with one attached hydrogen (secondary N) is 2. The molecule has 29 heavy (non-hydrogen) atoms. The Labute approximate surface area is 174 Å². The number of anilines is 1. The van der Waals surface area contributed by atoms with Gasteiger partial charge in [0.15, 0.2) is 6.29 Å². The molecule has 0 radical (unpaired) electrons. The lowest BCUT2D eigenvalue weighted by Gasteiger charge is -2.36. The maximum atomic E-state index is 11.3. The summed E-state index contributed by atoms with van der Waals surface area (Å²) in [5.41, 5.74) is 1.60. The Balaban J connectivity index is 1.84. The third kappa shape index (κ3) is 5.85. The molecule has 0 aromatic carbocycles. The van der Waals surface area contributed by atoms with Crippen molar-refractivity contribution >= 4 is 23.6 Å².